The van der Waals surface area contributed by atoms with Crippen LogP contribution in [0.4, 0.5) is 5.13 Å². The molecular weight excluding hydrogens is 284 g/mol. The van der Waals surface area contributed by atoms with Crippen molar-refractivity contribution in [3.05, 3.63) is 22.8 Å². The molecule has 114 valence electrons. The van der Waals surface area contributed by atoms with Gasteiger partial charge in [-0.15, -0.1) is 11.3 Å². The summed E-state index contributed by atoms with van der Waals surface area (Å²) in [5.41, 5.74) is 6.68. The average molecular weight is 306 g/mol. The molecule has 1 aliphatic rings. The number of rotatable bonds is 5. The number of aryl methyl sites for hydroxylation is 2. The van der Waals surface area contributed by atoms with E-state index in [1.165, 1.54) is 49.9 Å². The zero-order chi connectivity index (χ0) is 14.5. The van der Waals surface area contributed by atoms with E-state index in [0.29, 0.717) is 11.0 Å². The molecule has 6 heteroatoms. The van der Waals surface area contributed by atoms with Gasteiger partial charge in [0.1, 0.15) is 0 Å². The molecule has 0 saturated heterocycles. The van der Waals surface area contributed by atoms with E-state index in [4.69, 9.17) is 10.3 Å². The summed E-state index contributed by atoms with van der Waals surface area (Å²) in [6.07, 6.45) is 10.4. The van der Waals surface area contributed by atoms with Crippen molar-refractivity contribution in [2.45, 2.75) is 63.7 Å². The molecule has 1 fully saturated rings. The number of nitrogens with zero attached hydrogens (tertiary/aromatic N) is 3. The molecule has 1 aliphatic carbocycles. The molecule has 2 aromatic rings. The number of nitrogen functional groups attached to an aromatic ring is 1. The molecule has 0 spiro atoms. The lowest BCUT2D eigenvalue weighted by Crippen LogP contribution is -2.00. The van der Waals surface area contributed by atoms with Crippen LogP contribution in [0.5, 0.6) is 0 Å². The van der Waals surface area contributed by atoms with Gasteiger partial charge in [-0.1, -0.05) is 30.8 Å². The zero-order valence-electron chi connectivity index (χ0n) is 12.3. The topological polar surface area (TPSA) is 77.8 Å². The molecule has 2 aromatic heterocycles. The quantitative estimate of drug-likeness (QED) is 0.852. The largest absolute Gasteiger partial charge is 0.375 e. The van der Waals surface area contributed by atoms with Crippen molar-refractivity contribution in [2.24, 2.45) is 0 Å². The Morgan fingerprint density at radius 2 is 1.95 bits per heavy atom. The van der Waals surface area contributed by atoms with Gasteiger partial charge in [-0.2, -0.15) is 4.98 Å². The lowest BCUT2D eigenvalue weighted by atomic mass is 10.00. The number of hydrogen-bond acceptors (Lipinski definition) is 6. The van der Waals surface area contributed by atoms with Crippen molar-refractivity contribution in [3.8, 4) is 0 Å². The minimum atomic E-state index is 0.503. The highest BCUT2D eigenvalue weighted by molar-refractivity contribution is 7.13. The van der Waals surface area contributed by atoms with Gasteiger partial charge < -0.3 is 10.3 Å². The molecule has 0 radical (unpaired) electrons. The number of aromatic nitrogens is 3. The summed E-state index contributed by atoms with van der Waals surface area (Å²) in [6, 6.07) is 0. The Balaban J connectivity index is 1.50. The van der Waals surface area contributed by atoms with Crippen LogP contribution in [-0.2, 0) is 12.8 Å². The summed E-state index contributed by atoms with van der Waals surface area (Å²) in [5, 5.41) is 6.84. The minimum Gasteiger partial charge on any atom is -0.375 e. The van der Waals surface area contributed by atoms with Gasteiger partial charge in [-0.25, -0.2) is 4.98 Å². The van der Waals surface area contributed by atoms with Gasteiger partial charge in [0, 0.05) is 17.7 Å². The predicted octanol–water partition coefficient (Wildman–Crippen LogP) is 3.72. The third-order valence-corrected chi connectivity index (χ3v) is 4.82. The normalized spacial score (nSPS) is 17.0. The van der Waals surface area contributed by atoms with E-state index in [2.05, 4.69) is 15.1 Å². The summed E-state index contributed by atoms with van der Waals surface area (Å²) < 4.78 is 5.40. The van der Waals surface area contributed by atoms with Gasteiger partial charge in [0.2, 0.25) is 5.89 Å². The Kier molecular flexibility index (Phi) is 4.85. The minimum absolute atomic E-state index is 0.503. The van der Waals surface area contributed by atoms with Crippen molar-refractivity contribution in [1.29, 1.82) is 0 Å². The molecule has 3 rings (SSSR count). The van der Waals surface area contributed by atoms with Gasteiger partial charge in [0.05, 0.1) is 5.69 Å². The number of anilines is 1. The molecule has 0 unspecified atom stereocenters. The monoisotopic (exact) mass is 306 g/mol. The van der Waals surface area contributed by atoms with Gasteiger partial charge in [-0.05, 0) is 25.7 Å². The van der Waals surface area contributed by atoms with Crippen molar-refractivity contribution in [3.63, 3.8) is 0 Å². The maximum atomic E-state index is 5.63. The van der Waals surface area contributed by atoms with Gasteiger partial charge >= 0.3 is 0 Å². The molecule has 0 aromatic carbocycles. The number of hydrogen-bond donors (Lipinski definition) is 1. The Bertz CT molecular complexity index is 558. The average Bonchev–Trinajstić information content (AvgIpc) is 3.01. The van der Waals surface area contributed by atoms with Crippen LogP contribution < -0.4 is 5.73 Å². The molecule has 2 heterocycles. The molecule has 0 bridgehead atoms. The lowest BCUT2D eigenvalue weighted by Gasteiger charge is -2.07. The standard InChI is InChI=1S/C15H22N4OS/c16-15-17-12(10-21-15)8-5-9-13-18-14(19-20-13)11-6-3-1-2-4-7-11/h10-11H,1-9H2,(H2,16,17). The molecule has 0 amide bonds. The van der Waals surface area contributed by atoms with Crippen molar-refractivity contribution >= 4 is 16.5 Å². The first-order valence-electron chi connectivity index (χ1n) is 7.83. The molecule has 2 N–H and O–H groups in total. The fourth-order valence-corrected chi connectivity index (χ4v) is 3.53. The van der Waals surface area contributed by atoms with Crippen LogP contribution in [0.2, 0.25) is 0 Å². The van der Waals surface area contributed by atoms with Gasteiger partial charge in [-0.3, -0.25) is 0 Å². The van der Waals surface area contributed by atoms with Crippen molar-refractivity contribution < 1.29 is 4.52 Å². The fraction of sp³-hybridized carbons (Fsp3) is 0.667. The Hall–Kier alpha value is -1.43. The number of thiazole rings is 1. The van der Waals surface area contributed by atoms with Crippen LogP contribution in [0, 0.1) is 0 Å². The second kappa shape index (κ2) is 7.02. The first kappa shape index (κ1) is 14.5. The molecule has 5 nitrogen and oxygen atoms in total. The third-order valence-electron chi connectivity index (χ3n) is 4.10. The van der Waals surface area contributed by atoms with E-state index in [0.717, 1.165) is 36.7 Å². The predicted molar refractivity (Wildman–Crippen MR) is 83.3 cm³/mol. The van der Waals surface area contributed by atoms with Gasteiger partial charge in [0.25, 0.3) is 0 Å². The zero-order valence-corrected chi connectivity index (χ0v) is 13.1. The van der Waals surface area contributed by atoms with E-state index in [1.807, 2.05) is 5.38 Å². The SMILES string of the molecule is Nc1nc(CCCc2nc(C3CCCCCC3)no2)cs1. The van der Waals surface area contributed by atoms with Crippen molar-refractivity contribution in [1.82, 2.24) is 15.1 Å². The smallest absolute Gasteiger partial charge is 0.226 e. The summed E-state index contributed by atoms with van der Waals surface area (Å²) >= 11 is 1.49. The highest BCUT2D eigenvalue weighted by Crippen LogP contribution is 2.29. The van der Waals surface area contributed by atoms with Crippen LogP contribution >= 0.6 is 11.3 Å². The first-order chi connectivity index (χ1) is 10.3. The second-order valence-electron chi connectivity index (χ2n) is 5.77. The van der Waals surface area contributed by atoms with E-state index >= 15 is 0 Å². The van der Waals surface area contributed by atoms with E-state index in [1.54, 1.807) is 0 Å². The Morgan fingerprint density at radius 1 is 1.14 bits per heavy atom. The molecule has 1 saturated carbocycles. The summed E-state index contributed by atoms with van der Waals surface area (Å²) in [4.78, 5) is 8.85. The molecular formula is C15H22N4OS. The third kappa shape index (κ3) is 4.03. The van der Waals surface area contributed by atoms with Crippen LogP contribution in [0.1, 0.15) is 68.3 Å². The highest BCUT2D eigenvalue weighted by atomic mass is 32.1. The lowest BCUT2D eigenvalue weighted by molar-refractivity contribution is 0.364. The molecule has 21 heavy (non-hydrogen) atoms. The van der Waals surface area contributed by atoms with E-state index in [-0.39, 0.29) is 0 Å². The van der Waals surface area contributed by atoms with Crippen LogP contribution in [0.15, 0.2) is 9.90 Å². The maximum absolute atomic E-state index is 5.63. The van der Waals surface area contributed by atoms with Crippen LogP contribution in [0.3, 0.4) is 0 Å². The second-order valence-corrected chi connectivity index (χ2v) is 6.66. The fourth-order valence-electron chi connectivity index (χ4n) is 2.93. The van der Waals surface area contributed by atoms with Crippen LogP contribution in [-0.4, -0.2) is 15.1 Å². The van der Waals surface area contributed by atoms with Crippen LogP contribution in [0.25, 0.3) is 0 Å². The van der Waals surface area contributed by atoms with E-state index < -0.39 is 0 Å². The van der Waals surface area contributed by atoms with Gasteiger partial charge in [0.15, 0.2) is 11.0 Å². The highest BCUT2D eigenvalue weighted by Gasteiger charge is 2.19. The summed E-state index contributed by atoms with van der Waals surface area (Å²) in [5.74, 6) is 2.19. The summed E-state index contributed by atoms with van der Waals surface area (Å²) in [6.45, 7) is 0. The molecule has 0 aliphatic heterocycles. The van der Waals surface area contributed by atoms with E-state index in [9.17, 15) is 0 Å². The van der Waals surface area contributed by atoms with Crippen molar-refractivity contribution in [2.75, 3.05) is 5.73 Å². The summed E-state index contributed by atoms with van der Waals surface area (Å²) in [7, 11) is 0. The molecule has 0 atom stereocenters. The first-order valence-corrected chi connectivity index (χ1v) is 8.71. The Labute approximate surface area is 129 Å². The Morgan fingerprint density at radius 3 is 2.67 bits per heavy atom. The maximum Gasteiger partial charge on any atom is 0.226 e. The number of nitrogens with two attached hydrogens (primary N) is 1.